The van der Waals surface area contributed by atoms with Gasteiger partial charge in [-0.15, -0.1) is 0 Å². The summed E-state index contributed by atoms with van der Waals surface area (Å²) in [7, 11) is 0. The zero-order chi connectivity index (χ0) is 15.0. The Hall–Kier alpha value is -1.81. The van der Waals surface area contributed by atoms with Crippen molar-refractivity contribution in [1.82, 2.24) is 9.78 Å². The number of nitrogens with zero attached hydrogens (tertiary/aromatic N) is 2. The molecule has 1 aliphatic rings. The van der Waals surface area contributed by atoms with Gasteiger partial charge in [0.25, 0.3) is 0 Å². The van der Waals surface area contributed by atoms with Crippen molar-refractivity contribution < 1.29 is 4.79 Å². The summed E-state index contributed by atoms with van der Waals surface area (Å²) in [4.78, 5) is 11.9. The van der Waals surface area contributed by atoms with E-state index in [1.807, 2.05) is 42.8 Å². The number of amides is 1. The smallest absolute Gasteiger partial charge is 0.227 e. The Morgan fingerprint density at radius 3 is 2.86 bits per heavy atom. The van der Waals surface area contributed by atoms with Gasteiger partial charge in [-0.1, -0.05) is 23.7 Å². The summed E-state index contributed by atoms with van der Waals surface area (Å²) >= 11 is 6.01. The molecule has 0 aliphatic heterocycles. The van der Waals surface area contributed by atoms with Crippen LogP contribution < -0.4 is 5.32 Å². The molecule has 1 aromatic heterocycles. The fourth-order valence-electron chi connectivity index (χ4n) is 2.41. The highest BCUT2D eigenvalue weighted by Crippen LogP contribution is 2.31. The molecule has 0 bridgehead atoms. The molecule has 1 N–H and O–H groups in total. The van der Waals surface area contributed by atoms with Crippen molar-refractivity contribution in [1.29, 1.82) is 0 Å². The van der Waals surface area contributed by atoms with Crippen molar-refractivity contribution in [3.63, 3.8) is 0 Å². The van der Waals surface area contributed by atoms with Crippen molar-refractivity contribution >= 4 is 23.2 Å². The minimum absolute atomic E-state index is 0.114. The molecule has 2 aromatic rings. The van der Waals surface area contributed by atoms with Crippen LogP contribution in [0.25, 0.3) is 0 Å². The molecule has 1 fully saturated rings. The lowest BCUT2D eigenvalue weighted by Gasteiger charge is -2.07. The number of carbonyl (C=O) groups excluding carboxylic acids is 1. The van der Waals surface area contributed by atoms with Gasteiger partial charge in [0.2, 0.25) is 5.91 Å². The standard InChI is InChI=1S/C16H18ClN3O/c1-10-15(18-16(21)13-6-7-13)11(2)20(19-10)9-12-4-3-5-14(17)8-12/h3-5,8,13H,6-7,9H2,1-2H3,(H,18,21). The van der Waals surface area contributed by atoms with Gasteiger partial charge in [0.15, 0.2) is 0 Å². The number of nitrogens with one attached hydrogen (secondary N) is 1. The normalized spacial score (nSPS) is 14.2. The van der Waals surface area contributed by atoms with Crippen LogP contribution in [-0.4, -0.2) is 15.7 Å². The Kier molecular flexibility index (Phi) is 3.72. The second-order valence-electron chi connectivity index (χ2n) is 5.60. The lowest BCUT2D eigenvalue weighted by atomic mass is 10.2. The molecular weight excluding hydrogens is 286 g/mol. The first kappa shape index (κ1) is 14.1. The Bertz CT molecular complexity index is 689. The zero-order valence-corrected chi connectivity index (χ0v) is 12.9. The van der Waals surface area contributed by atoms with Crippen LogP contribution in [0.15, 0.2) is 24.3 Å². The first-order chi connectivity index (χ1) is 10.0. The second-order valence-corrected chi connectivity index (χ2v) is 6.03. The lowest BCUT2D eigenvalue weighted by Crippen LogP contribution is -2.14. The molecule has 3 rings (SSSR count). The van der Waals surface area contributed by atoms with Crippen LogP contribution in [0.5, 0.6) is 0 Å². The molecule has 1 amide bonds. The maximum absolute atomic E-state index is 11.9. The van der Waals surface area contributed by atoms with Gasteiger partial charge >= 0.3 is 0 Å². The highest BCUT2D eigenvalue weighted by atomic mass is 35.5. The van der Waals surface area contributed by atoms with Gasteiger partial charge < -0.3 is 5.32 Å². The molecule has 1 aromatic carbocycles. The van der Waals surface area contributed by atoms with Crippen molar-refractivity contribution in [2.24, 2.45) is 5.92 Å². The van der Waals surface area contributed by atoms with Gasteiger partial charge in [-0.25, -0.2) is 0 Å². The minimum atomic E-state index is 0.114. The molecule has 5 heteroatoms. The van der Waals surface area contributed by atoms with E-state index in [0.29, 0.717) is 6.54 Å². The van der Waals surface area contributed by atoms with Gasteiger partial charge in [-0.2, -0.15) is 5.10 Å². The van der Waals surface area contributed by atoms with Crippen LogP contribution in [0, 0.1) is 19.8 Å². The quantitative estimate of drug-likeness (QED) is 0.939. The molecule has 1 saturated carbocycles. The number of aromatic nitrogens is 2. The van der Waals surface area contributed by atoms with Gasteiger partial charge in [-0.05, 0) is 44.4 Å². The number of benzene rings is 1. The van der Waals surface area contributed by atoms with Crippen LogP contribution in [0.3, 0.4) is 0 Å². The molecule has 0 unspecified atom stereocenters. The largest absolute Gasteiger partial charge is 0.323 e. The van der Waals surface area contributed by atoms with Crippen molar-refractivity contribution in [2.45, 2.75) is 33.2 Å². The van der Waals surface area contributed by atoms with Gasteiger partial charge in [0.1, 0.15) is 0 Å². The maximum Gasteiger partial charge on any atom is 0.227 e. The molecule has 0 spiro atoms. The zero-order valence-electron chi connectivity index (χ0n) is 12.2. The van der Waals surface area contributed by atoms with Crippen LogP contribution in [0.1, 0.15) is 29.8 Å². The van der Waals surface area contributed by atoms with Gasteiger partial charge in [0.05, 0.1) is 23.6 Å². The minimum Gasteiger partial charge on any atom is -0.323 e. The summed E-state index contributed by atoms with van der Waals surface area (Å²) in [6.45, 7) is 4.55. The molecule has 4 nitrogen and oxygen atoms in total. The SMILES string of the molecule is Cc1nn(Cc2cccc(Cl)c2)c(C)c1NC(=O)C1CC1. The van der Waals surface area contributed by atoms with Crippen molar-refractivity contribution in [3.8, 4) is 0 Å². The Morgan fingerprint density at radius 1 is 1.43 bits per heavy atom. The predicted molar refractivity (Wildman–Crippen MR) is 83.6 cm³/mol. The summed E-state index contributed by atoms with van der Waals surface area (Å²) < 4.78 is 1.91. The summed E-state index contributed by atoms with van der Waals surface area (Å²) in [5, 5.41) is 8.26. The first-order valence-electron chi connectivity index (χ1n) is 7.14. The topological polar surface area (TPSA) is 46.9 Å². The monoisotopic (exact) mass is 303 g/mol. The number of carbonyl (C=O) groups is 1. The maximum atomic E-state index is 11.9. The molecule has 1 aliphatic carbocycles. The number of hydrogen-bond acceptors (Lipinski definition) is 2. The van der Waals surface area contributed by atoms with E-state index in [4.69, 9.17) is 11.6 Å². The molecular formula is C16H18ClN3O. The summed E-state index contributed by atoms with van der Waals surface area (Å²) in [5.74, 6) is 0.309. The third-order valence-electron chi connectivity index (χ3n) is 3.80. The highest BCUT2D eigenvalue weighted by Gasteiger charge is 2.30. The number of rotatable bonds is 4. The lowest BCUT2D eigenvalue weighted by molar-refractivity contribution is -0.117. The Balaban J connectivity index is 1.81. The fraction of sp³-hybridized carbons (Fsp3) is 0.375. The summed E-state index contributed by atoms with van der Waals surface area (Å²) in [6, 6.07) is 7.73. The number of anilines is 1. The van der Waals surface area contributed by atoms with Gasteiger partial charge in [0, 0.05) is 10.9 Å². The molecule has 0 radical (unpaired) electrons. The van der Waals surface area contributed by atoms with Crippen LogP contribution in [-0.2, 0) is 11.3 Å². The molecule has 1 heterocycles. The number of halogens is 1. The summed E-state index contributed by atoms with van der Waals surface area (Å²) in [6.07, 6.45) is 2.00. The van der Waals surface area contributed by atoms with E-state index in [2.05, 4.69) is 10.4 Å². The Morgan fingerprint density at radius 2 is 2.19 bits per heavy atom. The van der Waals surface area contributed by atoms with E-state index in [0.717, 1.165) is 40.5 Å². The van der Waals surface area contributed by atoms with Crippen molar-refractivity contribution in [2.75, 3.05) is 5.32 Å². The molecule has 21 heavy (non-hydrogen) atoms. The third-order valence-corrected chi connectivity index (χ3v) is 4.03. The van der Waals surface area contributed by atoms with Crippen LogP contribution >= 0.6 is 11.6 Å². The fourth-order valence-corrected chi connectivity index (χ4v) is 2.62. The molecule has 0 saturated heterocycles. The molecule has 110 valence electrons. The average molecular weight is 304 g/mol. The van der Waals surface area contributed by atoms with E-state index in [1.165, 1.54) is 0 Å². The van der Waals surface area contributed by atoms with E-state index < -0.39 is 0 Å². The van der Waals surface area contributed by atoms with E-state index in [9.17, 15) is 4.79 Å². The van der Waals surface area contributed by atoms with E-state index in [1.54, 1.807) is 0 Å². The third kappa shape index (κ3) is 3.10. The molecule has 0 atom stereocenters. The predicted octanol–water partition coefficient (Wildman–Crippen LogP) is 3.55. The van der Waals surface area contributed by atoms with E-state index >= 15 is 0 Å². The number of hydrogen-bond donors (Lipinski definition) is 1. The average Bonchev–Trinajstić information content (AvgIpc) is 3.24. The van der Waals surface area contributed by atoms with E-state index in [-0.39, 0.29) is 11.8 Å². The first-order valence-corrected chi connectivity index (χ1v) is 7.51. The van der Waals surface area contributed by atoms with Crippen LogP contribution in [0.2, 0.25) is 5.02 Å². The highest BCUT2D eigenvalue weighted by molar-refractivity contribution is 6.30. The van der Waals surface area contributed by atoms with Crippen LogP contribution in [0.4, 0.5) is 5.69 Å². The Labute approximate surface area is 129 Å². The second kappa shape index (κ2) is 5.53. The van der Waals surface area contributed by atoms with Crippen molar-refractivity contribution in [3.05, 3.63) is 46.2 Å². The summed E-state index contributed by atoms with van der Waals surface area (Å²) in [5.41, 5.74) is 3.76. The van der Waals surface area contributed by atoms with Gasteiger partial charge in [-0.3, -0.25) is 9.48 Å². The number of aryl methyl sites for hydroxylation is 1.